The lowest BCUT2D eigenvalue weighted by molar-refractivity contribution is 0.335. The van der Waals surface area contributed by atoms with Gasteiger partial charge in [0.25, 0.3) is 0 Å². The molecular weight excluding hydrogens is 258 g/mol. The summed E-state index contributed by atoms with van der Waals surface area (Å²) in [5.74, 6) is 1.85. The molecule has 0 amide bonds. The predicted octanol–water partition coefficient (Wildman–Crippen LogP) is 5.61. The molecule has 1 N–H and O–H groups in total. The summed E-state index contributed by atoms with van der Waals surface area (Å²) in [6.07, 6.45) is 4.78. The summed E-state index contributed by atoms with van der Waals surface area (Å²) in [4.78, 5) is 0. The molecule has 0 bridgehead atoms. The minimum Gasteiger partial charge on any atom is -0.459 e. The summed E-state index contributed by atoms with van der Waals surface area (Å²) in [6, 6.07) is 8.96. The molecule has 21 heavy (non-hydrogen) atoms. The molecule has 2 aromatic rings. The molecule has 0 aliphatic carbocycles. The van der Waals surface area contributed by atoms with E-state index in [0.29, 0.717) is 6.04 Å². The van der Waals surface area contributed by atoms with Gasteiger partial charge >= 0.3 is 0 Å². The van der Waals surface area contributed by atoms with E-state index in [9.17, 15) is 0 Å². The Morgan fingerprint density at radius 2 is 1.86 bits per heavy atom. The fourth-order valence-electron chi connectivity index (χ4n) is 2.93. The summed E-state index contributed by atoms with van der Waals surface area (Å²) < 4.78 is 6.11. The Hall–Kier alpha value is -1.28. The van der Waals surface area contributed by atoms with E-state index in [1.165, 1.54) is 23.8 Å². The van der Waals surface area contributed by atoms with Crippen molar-refractivity contribution in [2.24, 2.45) is 5.92 Å². The van der Waals surface area contributed by atoms with Crippen molar-refractivity contribution < 1.29 is 4.42 Å². The summed E-state index contributed by atoms with van der Waals surface area (Å²) in [7, 11) is 0. The summed E-state index contributed by atoms with van der Waals surface area (Å²) in [5, 5.41) is 4.89. The third-order valence-corrected chi connectivity index (χ3v) is 4.40. The summed E-state index contributed by atoms with van der Waals surface area (Å²) in [6.45, 7) is 9.95. The second-order valence-corrected chi connectivity index (χ2v) is 6.11. The lowest BCUT2D eigenvalue weighted by Crippen LogP contribution is -2.24. The fraction of sp³-hybridized carbons (Fsp3) is 0.579. The van der Waals surface area contributed by atoms with Gasteiger partial charge in [-0.2, -0.15) is 0 Å². The van der Waals surface area contributed by atoms with Crippen LogP contribution < -0.4 is 5.32 Å². The van der Waals surface area contributed by atoms with E-state index >= 15 is 0 Å². The molecule has 1 aromatic carbocycles. The molecule has 2 rings (SSSR count). The number of aryl methyl sites for hydroxylation is 1. The minimum atomic E-state index is 0.336. The van der Waals surface area contributed by atoms with Crippen LogP contribution in [-0.4, -0.2) is 6.54 Å². The van der Waals surface area contributed by atoms with E-state index in [2.05, 4.69) is 57.3 Å². The largest absolute Gasteiger partial charge is 0.459 e. The van der Waals surface area contributed by atoms with Crippen LogP contribution in [0, 0.1) is 12.8 Å². The van der Waals surface area contributed by atoms with Gasteiger partial charge in [0.05, 0.1) is 6.04 Å². The normalized spacial score (nSPS) is 13.2. The summed E-state index contributed by atoms with van der Waals surface area (Å²) in [5.41, 5.74) is 2.29. The van der Waals surface area contributed by atoms with Crippen molar-refractivity contribution in [3.63, 3.8) is 0 Å². The van der Waals surface area contributed by atoms with Crippen LogP contribution in [0.2, 0.25) is 0 Å². The Morgan fingerprint density at radius 1 is 1.10 bits per heavy atom. The standard InChI is InChI=1S/C19H29NO/c1-5-10-20-17(12-15(6-2)7-3)19-13-16-11-14(4)8-9-18(16)21-19/h8-9,11,13,15,17,20H,5-7,10,12H2,1-4H3. The molecule has 2 nitrogen and oxygen atoms in total. The van der Waals surface area contributed by atoms with Crippen LogP contribution >= 0.6 is 0 Å². The number of benzene rings is 1. The van der Waals surface area contributed by atoms with Gasteiger partial charge in [-0.3, -0.25) is 0 Å². The topological polar surface area (TPSA) is 25.2 Å². The SMILES string of the molecule is CCCNC(CC(CC)CC)c1cc2cc(C)ccc2o1. The molecule has 0 radical (unpaired) electrons. The molecule has 2 heteroatoms. The van der Waals surface area contributed by atoms with Crippen LogP contribution in [0.4, 0.5) is 0 Å². The molecular formula is C19H29NO. The molecule has 0 aliphatic heterocycles. The van der Waals surface area contributed by atoms with E-state index in [0.717, 1.165) is 36.6 Å². The summed E-state index contributed by atoms with van der Waals surface area (Å²) >= 11 is 0. The van der Waals surface area contributed by atoms with E-state index in [1.54, 1.807) is 0 Å². The lowest BCUT2D eigenvalue weighted by atomic mass is 9.93. The Morgan fingerprint density at radius 3 is 2.52 bits per heavy atom. The Labute approximate surface area is 128 Å². The lowest BCUT2D eigenvalue weighted by Gasteiger charge is -2.21. The smallest absolute Gasteiger partial charge is 0.134 e. The second-order valence-electron chi connectivity index (χ2n) is 6.11. The molecule has 1 unspecified atom stereocenters. The Bertz CT molecular complexity index is 554. The zero-order valence-corrected chi connectivity index (χ0v) is 13.9. The predicted molar refractivity (Wildman–Crippen MR) is 90.7 cm³/mol. The van der Waals surface area contributed by atoms with Gasteiger partial charge in [-0.05, 0) is 50.4 Å². The molecule has 1 atom stereocenters. The van der Waals surface area contributed by atoms with Gasteiger partial charge in [-0.1, -0.05) is 45.2 Å². The Balaban J connectivity index is 2.24. The van der Waals surface area contributed by atoms with Crippen LogP contribution in [0.3, 0.4) is 0 Å². The third kappa shape index (κ3) is 4.10. The van der Waals surface area contributed by atoms with Gasteiger partial charge in [0.15, 0.2) is 0 Å². The van der Waals surface area contributed by atoms with Gasteiger partial charge in [0.2, 0.25) is 0 Å². The van der Waals surface area contributed by atoms with Crippen molar-refractivity contribution >= 4 is 11.0 Å². The molecule has 0 saturated heterocycles. The number of hydrogen-bond acceptors (Lipinski definition) is 2. The van der Waals surface area contributed by atoms with Crippen molar-refractivity contribution in [1.82, 2.24) is 5.32 Å². The van der Waals surface area contributed by atoms with Crippen molar-refractivity contribution in [2.75, 3.05) is 6.54 Å². The first-order chi connectivity index (χ1) is 10.2. The van der Waals surface area contributed by atoms with Crippen LogP contribution in [0.25, 0.3) is 11.0 Å². The highest BCUT2D eigenvalue weighted by molar-refractivity contribution is 5.78. The maximum absolute atomic E-state index is 6.11. The maximum Gasteiger partial charge on any atom is 0.134 e. The molecule has 116 valence electrons. The molecule has 1 heterocycles. The van der Waals surface area contributed by atoms with Crippen molar-refractivity contribution in [3.8, 4) is 0 Å². The average molecular weight is 287 g/mol. The van der Waals surface area contributed by atoms with Crippen molar-refractivity contribution in [2.45, 2.75) is 59.4 Å². The number of fused-ring (bicyclic) bond motifs is 1. The Kier molecular flexibility index (Phi) is 5.86. The first kappa shape index (κ1) is 16.1. The zero-order chi connectivity index (χ0) is 15.2. The minimum absolute atomic E-state index is 0.336. The number of furan rings is 1. The highest BCUT2D eigenvalue weighted by Crippen LogP contribution is 2.30. The van der Waals surface area contributed by atoms with Gasteiger partial charge in [0, 0.05) is 5.39 Å². The van der Waals surface area contributed by atoms with Gasteiger partial charge in [0.1, 0.15) is 11.3 Å². The average Bonchev–Trinajstić information content (AvgIpc) is 2.90. The van der Waals surface area contributed by atoms with Crippen molar-refractivity contribution in [3.05, 3.63) is 35.6 Å². The van der Waals surface area contributed by atoms with Crippen LogP contribution in [0.5, 0.6) is 0 Å². The van der Waals surface area contributed by atoms with Gasteiger partial charge in [-0.25, -0.2) is 0 Å². The number of rotatable bonds is 8. The third-order valence-electron chi connectivity index (χ3n) is 4.40. The molecule has 0 aliphatic rings. The number of nitrogens with one attached hydrogen (secondary N) is 1. The van der Waals surface area contributed by atoms with Crippen molar-refractivity contribution in [1.29, 1.82) is 0 Å². The maximum atomic E-state index is 6.11. The van der Waals surface area contributed by atoms with E-state index < -0.39 is 0 Å². The highest BCUT2D eigenvalue weighted by atomic mass is 16.3. The van der Waals surface area contributed by atoms with Crippen LogP contribution in [-0.2, 0) is 0 Å². The van der Waals surface area contributed by atoms with Gasteiger partial charge in [-0.15, -0.1) is 0 Å². The first-order valence-electron chi connectivity index (χ1n) is 8.41. The van der Waals surface area contributed by atoms with E-state index in [1.807, 2.05) is 0 Å². The quantitative estimate of drug-likeness (QED) is 0.682. The van der Waals surface area contributed by atoms with E-state index in [-0.39, 0.29) is 0 Å². The second kappa shape index (κ2) is 7.65. The number of hydrogen-bond donors (Lipinski definition) is 1. The molecule has 0 spiro atoms. The first-order valence-corrected chi connectivity index (χ1v) is 8.41. The van der Waals surface area contributed by atoms with Crippen LogP contribution in [0.15, 0.2) is 28.7 Å². The zero-order valence-electron chi connectivity index (χ0n) is 13.9. The highest BCUT2D eigenvalue weighted by Gasteiger charge is 2.19. The fourth-order valence-corrected chi connectivity index (χ4v) is 2.93. The monoisotopic (exact) mass is 287 g/mol. The molecule has 0 saturated carbocycles. The molecule has 1 aromatic heterocycles. The van der Waals surface area contributed by atoms with Crippen LogP contribution in [0.1, 0.15) is 63.8 Å². The van der Waals surface area contributed by atoms with E-state index in [4.69, 9.17) is 4.42 Å². The van der Waals surface area contributed by atoms with Gasteiger partial charge < -0.3 is 9.73 Å². The molecule has 0 fully saturated rings.